The van der Waals surface area contributed by atoms with Crippen molar-refractivity contribution >= 4 is 19.7 Å². The van der Waals surface area contributed by atoms with Crippen molar-refractivity contribution in [2.45, 2.75) is 11.3 Å². The lowest BCUT2D eigenvalue weighted by Crippen LogP contribution is -2.17. The number of aromatic hydroxyl groups is 1. The maximum Gasteiger partial charge on any atom is 0.268 e. The summed E-state index contributed by atoms with van der Waals surface area (Å²) in [7, 11) is 0.150. The predicted molar refractivity (Wildman–Crippen MR) is 46.7 cm³/mol. The Bertz CT molecular complexity index is 539. The molecule has 0 saturated heterocycles. The number of hydrogen-bond donors (Lipinski definition) is 2. The molecule has 0 aromatic carbocycles. The molecule has 0 aliphatic rings. The molecule has 15 heavy (non-hydrogen) atoms. The monoisotopic (exact) mass is 259 g/mol. The number of nitrogens with one attached hydrogen (secondary N) is 1. The van der Waals surface area contributed by atoms with Crippen LogP contribution in [0, 0.1) is 0 Å². The second kappa shape index (κ2) is 3.78. The quantitative estimate of drug-likeness (QED) is 0.774. The zero-order valence-electron chi connectivity index (χ0n) is 6.87. The van der Waals surface area contributed by atoms with E-state index in [1.807, 2.05) is 0 Å². The van der Waals surface area contributed by atoms with Crippen molar-refractivity contribution in [2.75, 3.05) is 0 Å². The summed E-state index contributed by atoms with van der Waals surface area (Å²) in [6.45, 7) is 0. The number of hydrogen-bond acceptors (Lipinski definition) is 4. The molecule has 0 unspecified atom stereocenters. The molecule has 0 atom stereocenters. The summed E-state index contributed by atoms with van der Waals surface area (Å²) in [5.74, 6) is -1.04. The average molecular weight is 260 g/mol. The fourth-order valence-corrected chi connectivity index (χ4v) is 2.17. The van der Waals surface area contributed by atoms with Crippen molar-refractivity contribution in [1.82, 2.24) is 4.98 Å². The van der Waals surface area contributed by atoms with Crippen LogP contribution in [0.2, 0.25) is 0 Å². The number of pyridine rings is 1. The standard InChI is InChI=1S/C6H4ClF2NO4S/c7-15(13,14)4-3(5(8)9)2(11)1-10-6(4)12/h1,5,11H,(H,10,12). The molecule has 1 aromatic heterocycles. The van der Waals surface area contributed by atoms with Crippen molar-refractivity contribution in [3.8, 4) is 5.75 Å². The van der Waals surface area contributed by atoms with Gasteiger partial charge < -0.3 is 10.1 Å². The fraction of sp³-hybridized carbons (Fsp3) is 0.167. The van der Waals surface area contributed by atoms with Gasteiger partial charge in [-0.3, -0.25) is 4.79 Å². The summed E-state index contributed by atoms with van der Waals surface area (Å²) in [6, 6.07) is 0. The summed E-state index contributed by atoms with van der Waals surface area (Å²) < 4.78 is 46.4. The Morgan fingerprint density at radius 2 is 2.00 bits per heavy atom. The number of aromatic amines is 1. The van der Waals surface area contributed by atoms with Gasteiger partial charge in [-0.25, -0.2) is 17.2 Å². The van der Waals surface area contributed by atoms with Gasteiger partial charge >= 0.3 is 0 Å². The van der Waals surface area contributed by atoms with Crippen molar-refractivity contribution in [3.05, 3.63) is 22.1 Å². The normalized spacial score (nSPS) is 12.0. The van der Waals surface area contributed by atoms with Crippen LogP contribution in [0.15, 0.2) is 15.9 Å². The summed E-state index contributed by atoms with van der Waals surface area (Å²) >= 11 is 0. The third kappa shape index (κ3) is 2.26. The molecule has 1 heterocycles. The van der Waals surface area contributed by atoms with Crippen molar-refractivity contribution < 1.29 is 22.3 Å². The van der Waals surface area contributed by atoms with Gasteiger partial charge in [0.25, 0.3) is 21.0 Å². The summed E-state index contributed by atoms with van der Waals surface area (Å²) in [5, 5.41) is 8.98. The summed E-state index contributed by atoms with van der Waals surface area (Å²) in [5.41, 5.74) is -2.60. The molecule has 0 spiro atoms. The Morgan fingerprint density at radius 3 is 2.33 bits per heavy atom. The highest BCUT2D eigenvalue weighted by molar-refractivity contribution is 8.13. The fourth-order valence-electron chi connectivity index (χ4n) is 0.969. The molecule has 0 aliphatic heterocycles. The largest absolute Gasteiger partial charge is 0.506 e. The number of aromatic nitrogens is 1. The lowest BCUT2D eigenvalue weighted by atomic mass is 10.2. The van der Waals surface area contributed by atoms with Crippen LogP contribution in [-0.4, -0.2) is 18.5 Å². The third-order valence-corrected chi connectivity index (χ3v) is 2.88. The van der Waals surface area contributed by atoms with Gasteiger partial charge in [0.1, 0.15) is 5.75 Å². The molecule has 2 N–H and O–H groups in total. The zero-order valence-corrected chi connectivity index (χ0v) is 8.44. The first-order valence-corrected chi connectivity index (χ1v) is 5.73. The maximum atomic E-state index is 12.4. The number of H-pyrrole nitrogens is 1. The van der Waals surface area contributed by atoms with E-state index in [0.717, 1.165) is 0 Å². The van der Waals surface area contributed by atoms with Crippen LogP contribution in [0.25, 0.3) is 0 Å². The van der Waals surface area contributed by atoms with Gasteiger partial charge in [-0.05, 0) is 0 Å². The highest BCUT2D eigenvalue weighted by atomic mass is 35.7. The molecule has 0 amide bonds. The van der Waals surface area contributed by atoms with Crippen LogP contribution < -0.4 is 5.56 Å². The first kappa shape index (κ1) is 11.9. The van der Waals surface area contributed by atoms with Crippen LogP contribution in [-0.2, 0) is 9.05 Å². The van der Waals surface area contributed by atoms with Crippen LogP contribution in [0.5, 0.6) is 5.75 Å². The molecule has 0 fully saturated rings. The van der Waals surface area contributed by atoms with Gasteiger partial charge in [0.2, 0.25) is 0 Å². The van der Waals surface area contributed by atoms with Crippen molar-refractivity contribution in [2.24, 2.45) is 0 Å². The van der Waals surface area contributed by atoms with Gasteiger partial charge in [0.05, 0.1) is 5.56 Å². The van der Waals surface area contributed by atoms with E-state index in [4.69, 9.17) is 15.8 Å². The lowest BCUT2D eigenvalue weighted by molar-refractivity contribution is 0.143. The van der Waals surface area contributed by atoms with E-state index < -0.39 is 37.2 Å². The van der Waals surface area contributed by atoms with E-state index in [0.29, 0.717) is 6.20 Å². The molecule has 5 nitrogen and oxygen atoms in total. The van der Waals surface area contributed by atoms with Gasteiger partial charge in [-0.1, -0.05) is 0 Å². The zero-order chi connectivity index (χ0) is 11.8. The van der Waals surface area contributed by atoms with Gasteiger partial charge in [0, 0.05) is 16.9 Å². The smallest absolute Gasteiger partial charge is 0.268 e. The first-order valence-electron chi connectivity index (χ1n) is 3.42. The second-order valence-corrected chi connectivity index (χ2v) is 4.99. The molecule has 0 radical (unpaired) electrons. The molecular formula is C6H4ClF2NO4S. The highest BCUT2D eigenvalue weighted by Gasteiger charge is 2.28. The van der Waals surface area contributed by atoms with Crippen molar-refractivity contribution in [1.29, 1.82) is 0 Å². The number of rotatable bonds is 2. The molecule has 0 bridgehead atoms. The molecule has 1 aromatic rings. The molecule has 1 rings (SSSR count). The third-order valence-electron chi connectivity index (χ3n) is 1.53. The van der Waals surface area contributed by atoms with E-state index in [1.54, 1.807) is 4.98 Å². The average Bonchev–Trinajstić information content (AvgIpc) is 2.05. The minimum Gasteiger partial charge on any atom is -0.506 e. The van der Waals surface area contributed by atoms with E-state index in [1.165, 1.54) is 0 Å². The Balaban J connectivity index is 3.77. The molecule has 9 heteroatoms. The van der Waals surface area contributed by atoms with Gasteiger partial charge in [-0.2, -0.15) is 0 Å². The summed E-state index contributed by atoms with van der Waals surface area (Å²) in [4.78, 5) is 11.4. The topological polar surface area (TPSA) is 87.2 Å². The minimum absolute atomic E-state index is 0.565. The Labute approximate surface area is 86.7 Å². The lowest BCUT2D eigenvalue weighted by Gasteiger charge is -2.06. The minimum atomic E-state index is -4.64. The number of halogens is 3. The Kier molecular flexibility index (Phi) is 3.00. The van der Waals surface area contributed by atoms with E-state index in [9.17, 15) is 22.0 Å². The summed E-state index contributed by atoms with van der Waals surface area (Å²) in [6.07, 6.45) is -2.76. The second-order valence-electron chi connectivity index (χ2n) is 2.48. The molecule has 84 valence electrons. The van der Waals surface area contributed by atoms with Crippen LogP contribution in [0.1, 0.15) is 12.0 Å². The van der Waals surface area contributed by atoms with Crippen LogP contribution in [0.3, 0.4) is 0 Å². The highest BCUT2D eigenvalue weighted by Crippen LogP contribution is 2.32. The predicted octanol–water partition coefficient (Wildman–Crippen LogP) is 0.946. The Morgan fingerprint density at radius 1 is 1.47 bits per heavy atom. The van der Waals surface area contributed by atoms with E-state index in [2.05, 4.69) is 0 Å². The molecule has 0 aliphatic carbocycles. The van der Waals surface area contributed by atoms with Gasteiger partial charge in [0.15, 0.2) is 4.90 Å². The maximum absolute atomic E-state index is 12.4. The van der Waals surface area contributed by atoms with Gasteiger partial charge in [-0.15, -0.1) is 0 Å². The first-order chi connectivity index (χ1) is 6.75. The van der Waals surface area contributed by atoms with Crippen molar-refractivity contribution in [3.63, 3.8) is 0 Å². The number of alkyl halides is 2. The van der Waals surface area contributed by atoms with E-state index in [-0.39, 0.29) is 0 Å². The Hall–Kier alpha value is -1.15. The van der Waals surface area contributed by atoms with Crippen LogP contribution in [0.4, 0.5) is 8.78 Å². The SMILES string of the molecule is O=c1[nH]cc(O)c(C(F)F)c1S(=O)(=O)Cl. The molecule has 0 saturated carbocycles. The molecular weight excluding hydrogens is 256 g/mol. The van der Waals surface area contributed by atoms with E-state index >= 15 is 0 Å². The van der Waals surface area contributed by atoms with Crippen LogP contribution >= 0.6 is 10.7 Å².